The molecule has 0 amide bonds. The van der Waals surface area contributed by atoms with E-state index in [4.69, 9.17) is 4.74 Å². The lowest BCUT2D eigenvalue weighted by atomic mass is 9.87. The van der Waals surface area contributed by atoms with Crippen LogP contribution in [-0.4, -0.2) is 25.4 Å². The molecule has 1 unspecified atom stereocenters. The number of hydrogen-bond donors (Lipinski definition) is 2. The van der Waals surface area contributed by atoms with E-state index in [1.165, 1.54) is 30.4 Å². The summed E-state index contributed by atoms with van der Waals surface area (Å²) in [5.41, 5.74) is 3.01. The van der Waals surface area contributed by atoms with E-state index in [2.05, 4.69) is 23.5 Å². The molecule has 0 saturated heterocycles. The number of benzene rings is 1. The highest BCUT2D eigenvalue weighted by Crippen LogP contribution is 2.45. The topological polar surface area (TPSA) is 41.5 Å². The molecule has 19 heavy (non-hydrogen) atoms. The number of aryl methyl sites for hydroxylation is 1. The third-order valence-electron chi connectivity index (χ3n) is 4.68. The molecular formula is C16H23NO2. The molecule has 3 heteroatoms. The molecule has 0 aliphatic heterocycles. The lowest BCUT2D eigenvalue weighted by Gasteiger charge is -2.28. The molecule has 1 fully saturated rings. The van der Waals surface area contributed by atoms with Gasteiger partial charge in [-0.3, -0.25) is 0 Å². The Labute approximate surface area is 115 Å². The molecule has 0 bridgehead atoms. The predicted molar refractivity (Wildman–Crippen MR) is 75.4 cm³/mol. The maximum absolute atomic E-state index is 9.40. The van der Waals surface area contributed by atoms with Crippen molar-refractivity contribution in [1.29, 1.82) is 0 Å². The average Bonchev–Trinajstić information content (AvgIpc) is 3.25. The molecule has 1 aromatic carbocycles. The number of ether oxygens (including phenoxy) is 1. The highest BCUT2D eigenvalue weighted by molar-refractivity contribution is 5.39. The Balaban J connectivity index is 1.73. The van der Waals surface area contributed by atoms with E-state index < -0.39 is 0 Å². The van der Waals surface area contributed by atoms with Gasteiger partial charge in [0.15, 0.2) is 0 Å². The zero-order chi connectivity index (χ0) is 13.3. The van der Waals surface area contributed by atoms with Crippen LogP contribution in [0.3, 0.4) is 0 Å². The van der Waals surface area contributed by atoms with Gasteiger partial charge in [-0.1, -0.05) is 6.07 Å². The molecule has 0 spiro atoms. The van der Waals surface area contributed by atoms with Crippen LogP contribution in [0, 0.1) is 5.41 Å². The lowest BCUT2D eigenvalue weighted by Crippen LogP contribution is -2.32. The first-order chi connectivity index (χ1) is 9.26. The Kier molecular flexibility index (Phi) is 3.50. The SMILES string of the molecule is COc1ccc2c(c1)C(NCC1(CO)CC1)CCC2. The highest BCUT2D eigenvalue weighted by Gasteiger charge is 2.42. The van der Waals surface area contributed by atoms with Crippen molar-refractivity contribution in [3.05, 3.63) is 29.3 Å². The fourth-order valence-electron chi connectivity index (χ4n) is 3.02. The van der Waals surface area contributed by atoms with Gasteiger partial charge in [0.2, 0.25) is 0 Å². The number of methoxy groups -OCH3 is 1. The van der Waals surface area contributed by atoms with Gasteiger partial charge in [-0.25, -0.2) is 0 Å². The van der Waals surface area contributed by atoms with Crippen LogP contribution >= 0.6 is 0 Å². The highest BCUT2D eigenvalue weighted by atomic mass is 16.5. The molecular weight excluding hydrogens is 238 g/mol. The van der Waals surface area contributed by atoms with Crippen molar-refractivity contribution in [3.8, 4) is 5.75 Å². The molecule has 2 N–H and O–H groups in total. The first-order valence-corrected chi connectivity index (χ1v) is 7.27. The minimum atomic E-state index is 0.177. The van der Waals surface area contributed by atoms with Crippen LogP contribution in [0.2, 0.25) is 0 Å². The smallest absolute Gasteiger partial charge is 0.119 e. The van der Waals surface area contributed by atoms with Crippen LogP contribution in [0.25, 0.3) is 0 Å². The van der Waals surface area contributed by atoms with Gasteiger partial charge in [-0.15, -0.1) is 0 Å². The Morgan fingerprint density at radius 3 is 2.95 bits per heavy atom. The van der Waals surface area contributed by atoms with Crippen molar-refractivity contribution in [3.63, 3.8) is 0 Å². The van der Waals surface area contributed by atoms with E-state index in [0.29, 0.717) is 12.6 Å². The van der Waals surface area contributed by atoms with Crippen molar-refractivity contribution in [2.45, 2.75) is 38.1 Å². The van der Waals surface area contributed by atoms with Crippen molar-refractivity contribution < 1.29 is 9.84 Å². The van der Waals surface area contributed by atoms with Gasteiger partial charge in [0.25, 0.3) is 0 Å². The predicted octanol–water partition coefficient (Wildman–Crippen LogP) is 2.43. The molecule has 3 nitrogen and oxygen atoms in total. The maximum Gasteiger partial charge on any atom is 0.119 e. The Morgan fingerprint density at radius 2 is 2.26 bits per heavy atom. The fraction of sp³-hybridized carbons (Fsp3) is 0.625. The number of aliphatic hydroxyl groups excluding tert-OH is 1. The standard InChI is InChI=1S/C16H23NO2/c1-19-13-6-5-12-3-2-4-15(14(12)9-13)17-10-16(11-18)7-8-16/h5-6,9,15,17-18H,2-4,7-8,10-11H2,1H3. The summed E-state index contributed by atoms with van der Waals surface area (Å²) in [7, 11) is 1.72. The zero-order valence-corrected chi connectivity index (χ0v) is 11.6. The van der Waals surface area contributed by atoms with E-state index in [1.807, 2.05) is 0 Å². The molecule has 0 aromatic heterocycles. The minimum Gasteiger partial charge on any atom is -0.497 e. The molecule has 0 heterocycles. The second kappa shape index (κ2) is 5.14. The summed E-state index contributed by atoms with van der Waals surface area (Å²) in [4.78, 5) is 0. The number of hydrogen-bond acceptors (Lipinski definition) is 3. The van der Waals surface area contributed by atoms with E-state index >= 15 is 0 Å². The second-order valence-corrected chi connectivity index (χ2v) is 6.05. The average molecular weight is 261 g/mol. The maximum atomic E-state index is 9.40. The van der Waals surface area contributed by atoms with Gasteiger partial charge in [0.1, 0.15) is 5.75 Å². The summed E-state index contributed by atoms with van der Waals surface area (Å²) in [6.45, 7) is 1.25. The largest absolute Gasteiger partial charge is 0.497 e. The van der Waals surface area contributed by atoms with Crippen LogP contribution in [-0.2, 0) is 6.42 Å². The third-order valence-corrected chi connectivity index (χ3v) is 4.68. The fourth-order valence-corrected chi connectivity index (χ4v) is 3.02. The van der Waals surface area contributed by atoms with Gasteiger partial charge < -0.3 is 15.2 Å². The van der Waals surface area contributed by atoms with Gasteiger partial charge >= 0.3 is 0 Å². The van der Waals surface area contributed by atoms with Crippen molar-refractivity contribution in [2.24, 2.45) is 5.41 Å². The summed E-state index contributed by atoms with van der Waals surface area (Å²) in [6, 6.07) is 6.84. The molecule has 2 aliphatic carbocycles. The number of aliphatic hydroxyl groups is 1. The van der Waals surface area contributed by atoms with E-state index in [0.717, 1.165) is 25.1 Å². The van der Waals surface area contributed by atoms with Gasteiger partial charge in [0.05, 0.1) is 7.11 Å². The second-order valence-electron chi connectivity index (χ2n) is 6.05. The Morgan fingerprint density at radius 1 is 1.42 bits per heavy atom. The Hall–Kier alpha value is -1.06. The summed E-state index contributed by atoms with van der Waals surface area (Å²) in [6.07, 6.45) is 5.91. The molecule has 1 atom stereocenters. The van der Waals surface area contributed by atoms with Crippen LogP contribution in [0.4, 0.5) is 0 Å². The molecule has 1 saturated carbocycles. The summed E-state index contributed by atoms with van der Waals surface area (Å²) >= 11 is 0. The lowest BCUT2D eigenvalue weighted by molar-refractivity contribution is 0.202. The van der Waals surface area contributed by atoms with Crippen LogP contribution in [0.15, 0.2) is 18.2 Å². The van der Waals surface area contributed by atoms with E-state index in [9.17, 15) is 5.11 Å². The third kappa shape index (κ3) is 2.63. The Bertz CT molecular complexity index is 454. The molecule has 2 aliphatic rings. The number of rotatable bonds is 5. The summed E-state index contributed by atoms with van der Waals surface area (Å²) in [5.74, 6) is 0.941. The number of fused-ring (bicyclic) bond motifs is 1. The van der Waals surface area contributed by atoms with Crippen LogP contribution in [0.5, 0.6) is 5.75 Å². The molecule has 3 rings (SSSR count). The van der Waals surface area contributed by atoms with Crippen LogP contribution < -0.4 is 10.1 Å². The first-order valence-electron chi connectivity index (χ1n) is 7.27. The van der Waals surface area contributed by atoms with Crippen molar-refractivity contribution in [2.75, 3.05) is 20.3 Å². The van der Waals surface area contributed by atoms with Gasteiger partial charge in [-0.2, -0.15) is 0 Å². The normalized spacial score (nSPS) is 23.8. The zero-order valence-electron chi connectivity index (χ0n) is 11.6. The quantitative estimate of drug-likeness (QED) is 0.855. The van der Waals surface area contributed by atoms with Crippen molar-refractivity contribution >= 4 is 0 Å². The van der Waals surface area contributed by atoms with Gasteiger partial charge in [0, 0.05) is 24.6 Å². The summed E-state index contributed by atoms with van der Waals surface area (Å²) in [5, 5.41) is 13.1. The van der Waals surface area contributed by atoms with E-state index in [1.54, 1.807) is 7.11 Å². The molecule has 1 aromatic rings. The van der Waals surface area contributed by atoms with E-state index in [-0.39, 0.29) is 5.41 Å². The summed E-state index contributed by atoms with van der Waals surface area (Å²) < 4.78 is 5.34. The minimum absolute atomic E-state index is 0.177. The monoisotopic (exact) mass is 261 g/mol. The van der Waals surface area contributed by atoms with Gasteiger partial charge in [-0.05, 0) is 55.4 Å². The van der Waals surface area contributed by atoms with Crippen molar-refractivity contribution in [1.82, 2.24) is 5.32 Å². The molecule has 0 radical (unpaired) electrons. The van der Waals surface area contributed by atoms with Crippen LogP contribution in [0.1, 0.15) is 42.9 Å². The first kappa shape index (κ1) is 12.9. The number of nitrogens with one attached hydrogen (secondary N) is 1. The molecule has 104 valence electrons.